The summed E-state index contributed by atoms with van der Waals surface area (Å²) in [6.07, 6.45) is 0.112. The summed E-state index contributed by atoms with van der Waals surface area (Å²) in [5.41, 5.74) is 0.693. The van der Waals surface area contributed by atoms with E-state index in [1.54, 1.807) is 6.92 Å². The molecule has 6 nitrogen and oxygen atoms in total. The smallest absolute Gasteiger partial charge is 0.354 e. The average Bonchev–Trinajstić information content (AvgIpc) is 2.28. The molecule has 1 fully saturated rings. The van der Waals surface area contributed by atoms with Crippen molar-refractivity contribution in [2.75, 3.05) is 24.6 Å². The van der Waals surface area contributed by atoms with Gasteiger partial charge in [0.05, 0.1) is 12.7 Å². The second kappa shape index (κ2) is 4.67. The van der Waals surface area contributed by atoms with Gasteiger partial charge in [-0.1, -0.05) is 0 Å². The molecule has 0 aliphatic carbocycles. The number of carboxylic acid groups (broad SMARTS) is 1. The molecule has 0 bridgehead atoms. The molecule has 1 aromatic heterocycles. The Balaban J connectivity index is 2.28. The quantitative estimate of drug-likeness (QED) is 0.816. The SMILES string of the molecule is Cc1cc(C(=O)O)nc(N2CCOC(C)C2)n1. The van der Waals surface area contributed by atoms with Crippen LogP contribution in [0.25, 0.3) is 0 Å². The van der Waals surface area contributed by atoms with E-state index in [-0.39, 0.29) is 11.8 Å². The van der Waals surface area contributed by atoms with Gasteiger partial charge in [-0.15, -0.1) is 0 Å². The van der Waals surface area contributed by atoms with Crippen LogP contribution in [0, 0.1) is 6.92 Å². The van der Waals surface area contributed by atoms with E-state index >= 15 is 0 Å². The first-order valence-corrected chi connectivity index (χ1v) is 5.52. The van der Waals surface area contributed by atoms with Gasteiger partial charge in [-0.3, -0.25) is 0 Å². The normalized spacial score (nSPS) is 20.4. The predicted octanol–water partition coefficient (Wildman–Crippen LogP) is 0.708. The molecule has 1 atom stereocenters. The van der Waals surface area contributed by atoms with Crippen LogP contribution in [0.2, 0.25) is 0 Å². The lowest BCUT2D eigenvalue weighted by molar-refractivity contribution is 0.0526. The highest BCUT2D eigenvalue weighted by atomic mass is 16.5. The second-order valence-corrected chi connectivity index (χ2v) is 4.13. The highest BCUT2D eigenvalue weighted by Gasteiger charge is 2.20. The van der Waals surface area contributed by atoms with Crippen LogP contribution >= 0.6 is 0 Å². The molecule has 0 saturated carbocycles. The number of aryl methyl sites for hydroxylation is 1. The van der Waals surface area contributed by atoms with Gasteiger partial charge in [0.15, 0.2) is 5.69 Å². The maximum atomic E-state index is 10.9. The molecule has 6 heteroatoms. The zero-order valence-corrected chi connectivity index (χ0v) is 9.88. The molecule has 1 saturated heterocycles. The largest absolute Gasteiger partial charge is 0.477 e. The molecule has 1 aromatic rings. The van der Waals surface area contributed by atoms with E-state index in [4.69, 9.17) is 9.84 Å². The molecule has 0 aromatic carbocycles. The number of morpholine rings is 1. The summed E-state index contributed by atoms with van der Waals surface area (Å²) in [4.78, 5) is 21.2. The lowest BCUT2D eigenvalue weighted by atomic mass is 10.3. The van der Waals surface area contributed by atoms with Crippen LogP contribution in [0.5, 0.6) is 0 Å². The van der Waals surface area contributed by atoms with Crippen LogP contribution in [0.3, 0.4) is 0 Å². The number of rotatable bonds is 2. The van der Waals surface area contributed by atoms with Gasteiger partial charge in [0.2, 0.25) is 5.95 Å². The van der Waals surface area contributed by atoms with Crippen molar-refractivity contribution in [3.63, 3.8) is 0 Å². The number of carboxylic acids is 1. The molecule has 1 aliphatic heterocycles. The fourth-order valence-corrected chi connectivity index (χ4v) is 1.80. The van der Waals surface area contributed by atoms with Crippen molar-refractivity contribution in [3.05, 3.63) is 17.5 Å². The van der Waals surface area contributed by atoms with Crippen LogP contribution in [0.15, 0.2) is 6.07 Å². The third-order valence-corrected chi connectivity index (χ3v) is 2.59. The Morgan fingerprint density at radius 2 is 2.35 bits per heavy atom. The van der Waals surface area contributed by atoms with Crippen LogP contribution in [-0.4, -0.2) is 46.8 Å². The van der Waals surface area contributed by atoms with Crippen molar-refractivity contribution in [3.8, 4) is 0 Å². The van der Waals surface area contributed by atoms with Crippen LogP contribution in [0.4, 0.5) is 5.95 Å². The fourth-order valence-electron chi connectivity index (χ4n) is 1.80. The van der Waals surface area contributed by atoms with Gasteiger partial charge < -0.3 is 14.7 Å². The Kier molecular flexibility index (Phi) is 3.23. The summed E-state index contributed by atoms with van der Waals surface area (Å²) >= 11 is 0. The van der Waals surface area contributed by atoms with E-state index in [1.807, 2.05) is 11.8 Å². The number of anilines is 1. The number of hydrogen-bond donors (Lipinski definition) is 1. The molecule has 17 heavy (non-hydrogen) atoms. The third kappa shape index (κ3) is 2.71. The van der Waals surface area contributed by atoms with Gasteiger partial charge in [-0.25, -0.2) is 14.8 Å². The van der Waals surface area contributed by atoms with Crippen molar-refractivity contribution < 1.29 is 14.6 Å². The average molecular weight is 237 g/mol. The maximum absolute atomic E-state index is 10.9. The van der Waals surface area contributed by atoms with E-state index in [0.717, 1.165) is 0 Å². The Morgan fingerprint density at radius 1 is 1.59 bits per heavy atom. The summed E-state index contributed by atoms with van der Waals surface area (Å²) in [6, 6.07) is 1.47. The Bertz CT molecular complexity index is 436. The monoisotopic (exact) mass is 237 g/mol. The van der Waals surface area contributed by atoms with Crippen molar-refractivity contribution in [2.24, 2.45) is 0 Å². The Morgan fingerprint density at radius 3 is 3.00 bits per heavy atom. The van der Waals surface area contributed by atoms with Crippen molar-refractivity contribution in [1.82, 2.24) is 9.97 Å². The molecule has 0 spiro atoms. The minimum absolute atomic E-state index is 0.0339. The van der Waals surface area contributed by atoms with Gasteiger partial charge in [0.1, 0.15) is 0 Å². The zero-order valence-electron chi connectivity index (χ0n) is 9.88. The van der Waals surface area contributed by atoms with Gasteiger partial charge in [-0.05, 0) is 19.9 Å². The summed E-state index contributed by atoms with van der Waals surface area (Å²) in [6.45, 7) is 5.72. The highest BCUT2D eigenvalue weighted by Crippen LogP contribution is 2.14. The Labute approximate surface area is 99.2 Å². The first-order chi connectivity index (χ1) is 8.06. The van der Waals surface area contributed by atoms with Crippen molar-refractivity contribution >= 4 is 11.9 Å². The number of ether oxygens (including phenoxy) is 1. The molecule has 0 radical (unpaired) electrons. The molecule has 0 amide bonds. The highest BCUT2D eigenvalue weighted by molar-refractivity contribution is 5.85. The van der Waals surface area contributed by atoms with Gasteiger partial charge in [-0.2, -0.15) is 0 Å². The minimum Gasteiger partial charge on any atom is -0.477 e. The van der Waals surface area contributed by atoms with Gasteiger partial charge >= 0.3 is 5.97 Å². The summed E-state index contributed by atoms with van der Waals surface area (Å²) < 4.78 is 5.42. The predicted molar refractivity (Wildman–Crippen MR) is 61.4 cm³/mol. The van der Waals surface area contributed by atoms with E-state index in [0.29, 0.717) is 31.3 Å². The summed E-state index contributed by atoms with van der Waals surface area (Å²) in [5.74, 6) is -0.560. The molecular formula is C11H15N3O3. The molecule has 2 heterocycles. The molecule has 2 rings (SSSR count). The van der Waals surface area contributed by atoms with E-state index in [9.17, 15) is 4.79 Å². The maximum Gasteiger partial charge on any atom is 0.354 e. The molecule has 92 valence electrons. The Hall–Kier alpha value is -1.69. The first kappa shape index (κ1) is 11.8. The molecular weight excluding hydrogens is 222 g/mol. The van der Waals surface area contributed by atoms with Gasteiger partial charge in [0.25, 0.3) is 0 Å². The molecule has 1 aliphatic rings. The fraction of sp³-hybridized carbons (Fsp3) is 0.545. The minimum atomic E-state index is -1.03. The lowest BCUT2D eigenvalue weighted by Crippen LogP contribution is -2.42. The molecule has 1 N–H and O–H groups in total. The number of nitrogens with zero attached hydrogens (tertiary/aromatic N) is 3. The number of carbonyl (C=O) groups is 1. The van der Waals surface area contributed by atoms with E-state index < -0.39 is 5.97 Å². The second-order valence-electron chi connectivity index (χ2n) is 4.13. The standard InChI is InChI=1S/C11H15N3O3/c1-7-5-9(10(15)16)13-11(12-7)14-3-4-17-8(2)6-14/h5,8H,3-4,6H2,1-2H3,(H,15,16). The lowest BCUT2D eigenvalue weighted by Gasteiger charge is -2.31. The zero-order chi connectivity index (χ0) is 12.4. The number of aromatic nitrogens is 2. The third-order valence-electron chi connectivity index (χ3n) is 2.59. The van der Waals surface area contributed by atoms with Crippen molar-refractivity contribution in [2.45, 2.75) is 20.0 Å². The van der Waals surface area contributed by atoms with Crippen molar-refractivity contribution in [1.29, 1.82) is 0 Å². The van der Waals surface area contributed by atoms with E-state index in [2.05, 4.69) is 9.97 Å². The van der Waals surface area contributed by atoms with E-state index in [1.165, 1.54) is 6.07 Å². The van der Waals surface area contributed by atoms with Crippen LogP contribution < -0.4 is 4.90 Å². The first-order valence-electron chi connectivity index (χ1n) is 5.52. The summed E-state index contributed by atoms with van der Waals surface area (Å²) in [7, 11) is 0. The topological polar surface area (TPSA) is 75.5 Å². The van der Waals surface area contributed by atoms with Crippen LogP contribution in [0.1, 0.15) is 23.1 Å². The number of aromatic carboxylic acids is 1. The van der Waals surface area contributed by atoms with Crippen LogP contribution in [-0.2, 0) is 4.74 Å². The molecule has 1 unspecified atom stereocenters. The van der Waals surface area contributed by atoms with Gasteiger partial charge in [0, 0.05) is 18.8 Å². The number of hydrogen-bond acceptors (Lipinski definition) is 5. The summed E-state index contributed by atoms with van der Waals surface area (Å²) in [5, 5.41) is 8.95.